The fourth-order valence-corrected chi connectivity index (χ4v) is 2.53. The molecule has 0 bridgehead atoms. The summed E-state index contributed by atoms with van der Waals surface area (Å²) in [5.41, 5.74) is 1.25. The van der Waals surface area contributed by atoms with Gasteiger partial charge in [0.2, 0.25) is 0 Å². The van der Waals surface area contributed by atoms with Gasteiger partial charge in [-0.3, -0.25) is 9.69 Å². The van der Waals surface area contributed by atoms with E-state index in [1.54, 1.807) is 12.3 Å². The van der Waals surface area contributed by atoms with Gasteiger partial charge in [-0.05, 0) is 24.3 Å². The van der Waals surface area contributed by atoms with Crippen LogP contribution in [0, 0.1) is 17.3 Å². The van der Waals surface area contributed by atoms with Crippen LogP contribution in [-0.2, 0) is 4.79 Å². The van der Waals surface area contributed by atoms with Crippen molar-refractivity contribution >= 4 is 11.7 Å². The lowest BCUT2D eigenvalue weighted by Gasteiger charge is -2.19. The third kappa shape index (κ3) is 3.10. The molecule has 4 heteroatoms. The lowest BCUT2D eigenvalue weighted by atomic mass is 9.90. The molecular formula is C19H18N2O2. The average molecular weight is 306 g/mol. The highest BCUT2D eigenvalue weighted by Crippen LogP contribution is 2.33. The normalized spacial score (nSPS) is 19.3. The molecule has 23 heavy (non-hydrogen) atoms. The van der Waals surface area contributed by atoms with Crippen LogP contribution in [0.3, 0.4) is 0 Å². The first-order valence-electron chi connectivity index (χ1n) is 7.50. The van der Waals surface area contributed by atoms with Gasteiger partial charge < -0.3 is 5.11 Å². The summed E-state index contributed by atoms with van der Waals surface area (Å²) in [4.78, 5) is 18.0. The Morgan fingerprint density at radius 3 is 2.39 bits per heavy atom. The molecule has 2 aromatic rings. The van der Waals surface area contributed by atoms with Gasteiger partial charge in [0.25, 0.3) is 5.91 Å². The molecule has 1 fully saturated rings. The molecule has 1 atom stereocenters. The molecule has 1 aliphatic heterocycles. The van der Waals surface area contributed by atoms with E-state index in [0.717, 1.165) is 11.1 Å². The van der Waals surface area contributed by atoms with Crippen molar-refractivity contribution in [2.75, 3.05) is 11.4 Å². The minimum Gasteiger partial charge on any atom is -0.383 e. The summed E-state index contributed by atoms with van der Waals surface area (Å²) >= 11 is 0. The zero-order valence-electron chi connectivity index (χ0n) is 13.2. The molecule has 1 N–H and O–H groups in total. The Hall–Kier alpha value is -2.64. The summed E-state index contributed by atoms with van der Waals surface area (Å²) in [5, 5.41) is 9.98. The highest BCUT2D eigenvalue weighted by atomic mass is 16.3. The number of rotatable bonds is 1. The average Bonchev–Trinajstić information content (AvgIpc) is 2.78. The summed E-state index contributed by atoms with van der Waals surface area (Å²) < 4.78 is 0. The van der Waals surface area contributed by atoms with Crippen LogP contribution in [0.15, 0.2) is 48.7 Å². The second-order valence-corrected chi connectivity index (χ2v) is 6.34. The second kappa shape index (κ2) is 5.86. The van der Waals surface area contributed by atoms with Crippen molar-refractivity contribution in [3.63, 3.8) is 0 Å². The minimum absolute atomic E-state index is 0.300. The first-order valence-corrected chi connectivity index (χ1v) is 7.50. The van der Waals surface area contributed by atoms with Gasteiger partial charge in [-0.25, -0.2) is 4.98 Å². The highest BCUT2D eigenvalue weighted by Gasteiger charge is 2.46. The molecular weight excluding hydrogens is 288 g/mol. The first kappa shape index (κ1) is 15.3. The number of carbonyl (C=O) groups excluding carboxylic acids is 1. The van der Waals surface area contributed by atoms with E-state index in [1.165, 1.54) is 4.90 Å². The summed E-state index contributed by atoms with van der Waals surface area (Å²) in [7, 11) is 0. The van der Waals surface area contributed by atoms with Crippen LogP contribution >= 0.6 is 0 Å². The van der Waals surface area contributed by atoms with Crippen molar-refractivity contribution in [3.05, 3.63) is 59.8 Å². The van der Waals surface area contributed by atoms with Gasteiger partial charge in [-0.1, -0.05) is 43.9 Å². The molecule has 0 radical (unpaired) electrons. The zero-order valence-corrected chi connectivity index (χ0v) is 13.2. The Morgan fingerprint density at radius 2 is 1.83 bits per heavy atom. The molecule has 0 aliphatic carbocycles. The molecule has 4 nitrogen and oxygen atoms in total. The van der Waals surface area contributed by atoms with Gasteiger partial charge in [0, 0.05) is 29.3 Å². The standard InChI is InChI=1S/C19H18N2O2/c1-19(2)13-21(18(23)17(19)22)16-11-10-15(12-20-16)9-8-14-6-4-3-5-7-14/h3-7,10-12,17,22H,13H2,1-2H3/t17-/m1/s1. The molecule has 2 heterocycles. The summed E-state index contributed by atoms with van der Waals surface area (Å²) in [6.45, 7) is 4.19. The summed E-state index contributed by atoms with van der Waals surface area (Å²) in [6.07, 6.45) is 0.665. The summed E-state index contributed by atoms with van der Waals surface area (Å²) in [6, 6.07) is 13.3. The number of anilines is 1. The minimum atomic E-state index is -0.984. The van der Waals surface area contributed by atoms with Crippen molar-refractivity contribution in [2.24, 2.45) is 5.41 Å². The third-order valence-corrected chi connectivity index (χ3v) is 3.96. The van der Waals surface area contributed by atoms with E-state index < -0.39 is 11.5 Å². The Balaban J connectivity index is 1.79. The maximum absolute atomic E-state index is 12.1. The lowest BCUT2D eigenvalue weighted by Crippen LogP contribution is -2.31. The number of hydrogen-bond donors (Lipinski definition) is 1. The molecule has 116 valence electrons. The maximum Gasteiger partial charge on any atom is 0.257 e. The van der Waals surface area contributed by atoms with Gasteiger partial charge in [-0.15, -0.1) is 0 Å². The number of aromatic nitrogens is 1. The van der Waals surface area contributed by atoms with E-state index in [2.05, 4.69) is 16.8 Å². The number of carbonyl (C=O) groups is 1. The predicted octanol–water partition coefficient (Wildman–Crippen LogP) is 2.22. The van der Waals surface area contributed by atoms with Gasteiger partial charge in [0.15, 0.2) is 0 Å². The topological polar surface area (TPSA) is 53.4 Å². The highest BCUT2D eigenvalue weighted by molar-refractivity contribution is 5.98. The molecule has 3 rings (SSSR count). The number of amides is 1. The lowest BCUT2D eigenvalue weighted by molar-refractivity contribution is -0.126. The monoisotopic (exact) mass is 306 g/mol. The first-order chi connectivity index (χ1) is 11.0. The molecule has 0 spiro atoms. The number of hydrogen-bond acceptors (Lipinski definition) is 3. The third-order valence-electron chi connectivity index (χ3n) is 3.96. The quantitative estimate of drug-likeness (QED) is 0.822. The smallest absolute Gasteiger partial charge is 0.257 e. The van der Waals surface area contributed by atoms with Crippen molar-refractivity contribution in [3.8, 4) is 11.8 Å². The fraction of sp³-hybridized carbons (Fsp3) is 0.263. The van der Waals surface area contributed by atoms with Crippen molar-refractivity contribution in [1.29, 1.82) is 0 Å². The summed E-state index contributed by atoms with van der Waals surface area (Å²) in [5.74, 6) is 6.36. The molecule has 1 aromatic heterocycles. The van der Waals surface area contributed by atoms with Crippen LogP contribution in [-0.4, -0.2) is 28.6 Å². The van der Waals surface area contributed by atoms with Crippen LogP contribution in [0.5, 0.6) is 0 Å². The van der Waals surface area contributed by atoms with Gasteiger partial charge in [0.05, 0.1) is 0 Å². The van der Waals surface area contributed by atoms with Crippen LogP contribution in [0.4, 0.5) is 5.82 Å². The fourth-order valence-electron chi connectivity index (χ4n) is 2.53. The van der Waals surface area contributed by atoms with E-state index in [9.17, 15) is 9.90 Å². The molecule has 1 aliphatic rings. The van der Waals surface area contributed by atoms with E-state index >= 15 is 0 Å². The van der Waals surface area contributed by atoms with E-state index in [0.29, 0.717) is 12.4 Å². The molecule has 0 unspecified atom stereocenters. The largest absolute Gasteiger partial charge is 0.383 e. The molecule has 1 saturated heterocycles. The Kier molecular flexibility index (Phi) is 3.89. The Labute approximate surface area is 135 Å². The van der Waals surface area contributed by atoms with E-state index in [4.69, 9.17) is 0 Å². The van der Waals surface area contributed by atoms with Crippen molar-refractivity contribution in [2.45, 2.75) is 20.0 Å². The SMILES string of the molecule is CC1(C)CN(c2ccc(C#Cc3ccccc3)cn2)C(=O)[C@H]1O. The van der Waals surface area contributed by atoms with Crippen LogP contribution in [0.25, 0.3) is 0 Å². The van der Waals surface area contributed by atoms with Gasteiger partial charge in [-0.2, -0.15) is 0 Å². The molecule has 1 aromatic carbocycles. The zero-order chi connectivity index (χ0) is 16.4. The van der Waals surface area contributed by atoms with Crippen molar-refractivity contribution < 1.29 is 9.90 Å². The predicted molar refractivity (Wildman–Crippen MR) is 88.8 cm³/mol. The van der Waals surface area contributed by atoms with E-state index in [1.807, 2.05) is 50.2 Å². The van der Waals surface area contributed by atoms with Crippen molar-refractivity contribution in [1.82, 2.24) is 4.98 Å². The maximum atomic E-state index is 12.1. The van der Waals surface area contributed by atoms with Gasteiger partial charge in [0.1, 0.15) is 11.9 Å². The number of nitrogens with zero attached hydrogens (tertiary/aromatic N) is 2. The number of aliphatic hydroxyl groups is 1. The molecule has 0 saturated carbocycles. The van der Waals surface area contributed by atoms with Gasteiger partial charge >= 0.3 is 0 Å². The van der Waals surface area contributed by atoms with Crippen LogP contribution < -0.4 is 4.90 Å². The number of aliphatic hydroxyl groups excluding tert-OH is 1. The molecule has 1 amide bonds. The second-order valence-electron chi connectivity index (χ2n) is 6.34. The van der Waals surface area contributed by atoms with E-state index in [-0.39, 0.29) is 5.91 Å². The Morgan fingerprint density at radius 1 is 1.13 bits per heavy atom. The Bertz CT molecular complexity index is 771. The van der Waals surface area contributed by atoms with Crippen LogP contribution in [0.1, 0.15) is 25.0 Å². The number of pyridine rings is 1. The van der Waals surface area contributed by atoms with Crippen LogP contribution in [0.2, 0.25) is 0 Å². The number of benzene rings is 1.